The Kier molecular flexibility index (Phi) is 5.30. The minimum absolute atomic E-state index is 0.307. The minimum atomic E-state index is -0.840. The Bertz CT molecular complexity index is 657. The summed E-state index contributed by atoms with van der Waals surface area (Å²) in [6.45, 7) is 4.02. The van der Waals surface area contributed by atoms with Crippen LogP contribution in [0, 0.1) is 0 Å². The van der Waals surface area contributed by atoms with Gasteiger partial charge in [0.15, 0.2) is 11.7 Å². The van der Waals surface area contributed by atoms with Crippen molar-refractivity contribution in [1.29, 1.82) is 0 Å². The molecule has 22 heavy (non-hydrogen) atoms. The summed E-state index contributed by atoms with van der Waals surface area (Å²) in [7, 11) is 0. The van der Waals surface area contributed by atoms with Crippen molar-refractivity contribution in [2.75, 3.05) is 6.54 Å². The van der Waals surface area contributed by atoms with E-state index in [9.17, 15) is 9.59 Å². The van der Waals surface area contributed by atoms with Gasteiger partial charge in [-0.1, -0.05) is 19.1 Å². The maximum absolute atomic E-state index is 11.7. The first kappa shape index (κ1) is 15.8. The van der Waals surface area contributed by atoms with Crippen molar-refractivity contribution in [1.82, 2.24) is 10.3 Å². The molecule has 0 fully saturated rings. The van der Waals surface area contributed by atoms with Crippen LogP contribution in [-0.4, -0.2) is 29.5 Å². The van der Waals surface area contributed by atoms with Gasteiger partial charge in [-0.3, -0.25) is 4.79 Å². The van der Waals surface area contributed by atoms with Crippen LogP contribution in [0.25, 0.3) is 17.2 Å². The van der Waals surface area contributed by atoms with Crippen molar-refractivity contribution in [3.63, 3.8) is 0 Å². The molecule has 0 saturated carbocycles. The first-order chi connectivity index (χ1) is 10.6. The third kappa shape index (κ3) is 4.18. The van der Waals surface area contributed by atoms with E-state index in [1.165, 1.54) is 19.1 Å². The zero-order valence-electron chi connectivity index (χ0n) is 12.5. The molecule has 0 spiro atoms. The Morgan fingerprint density at radius 3 is 2.91 bits per heavy atom. The predicted molar refractivity (Wildman–Crippen MR) is 81.9 cm³/mol. The van der Waals surface area contributed by atoms with E-state index in [4.69, 9.17) is 9.15 Å². The lowest BCUT2D eigenvalue weighted by atomic mass is 10.3. The monoisotopic (exact) mass is 302 g/mol. The number of carbonyl (C=O) groups is 2. The van der Waals surface area contributed by atoms with E-state index in [0.29, 0.717) is 23.5 Å². The molecule has 0 bridgehead atoms. The third-order valence-electron chi connectivity index (χ3n) is 2.88. The van der Waals surface area contributed by atoms with Gasteiger partial charge in [-0.05, 0) is 25.5 Å². The fraction of sp³-hybridized carbons (Fsp3) is 0.312. The number of carbonyl (C=O) groups excluding carboxylic acids is 2. The van der Waals surface area contributed by atoms with Crippen molar-refractivity contribution in [3.05, 3.63) is 36.2 Å². The van der Waals surface area contributed by atoms with Gasteiger partial charge in [0.05, 0.1) is 0 Å². The second-order valence-corrected chi connectivity index (χ2v) is 4.72. The number of rotatable bonds is 6. The molecular weight excluding hydrogens is 284 g/mol. The van der Waals surface area contributed by atoms with Crippen LogP contribution in [0.2, 0.25) is 0 Å². The molecule has 116 valence electrons. The number of amides is 1. The molecule has 1 atom stereocenters. The number of hydrogen-bond acceptors (Lipinski definition) is 5. The highest BCUT2D eigenvalue weighted by Gasteiger charge is 2.15. The van der Waals surface area contributed by atoms with Crippen molar-refractivity contribution < 1.29 is 18.7 Å². The highest BCUT2D eigenvalue weighted by molar-refractivity contribution is 5.90. The van der Waals surface area contributed by atoms with Crippen LogP contribution in [0.5, 0.6) is 0 Å². The molecule has 0 unspecified atom stereocenters. The number of para-hydroxylation sites is 2. The van der Waals surface area contributed by atoms with Gasteiger partial charge in [-0.2, -0.15) is 0 Å². The highest BCUT2D eigenvalue weighted by atomic mass is 16.5. The number of aromatic nitrogens is 1. The molecule has 1 amide bonds. The smallest absolute Gasteiger partial charge is 0.331 e. The van der Waals surface area contributed by atoms with Crippen LogP contribution in [0.3, 0.4) is 0 Å². The molecule has 1 heterocycles. The second kappa shape index (κ2) is 7.40. The lowest BCUT2D eigenvalue weighted by Crippen LogP contribution is -2.35. The van der Waals surface area contributed by atoms with Crippen LogP contribution in [0.4, 0.5) is 0 Å². The molecule has 0 aliphatic rings. The summed E-state index contributed by atoms with van der Waals surface area (Å²) in [5, 5.41) is 2.66. The van der Waals surface area contributed by atoms with E-state index in [0.717, 1.165) is 6.42 Å². The Morgan fingerprint density at radius 1 is 1.41 bits per heavy atom. The highest BCUT2D eigenvalue weighted by Crippen LogP contribution is 2.15. The van der Waals surface area contributed by atoms with Gasteiger partial charge in [-0.25, -0.2) is 9.78 Å². The molecule has 6 nitrogen and oxygen atoms in total. The number of fused-ring (bicyclic) bond motifs is 1. The average molecular weight is 302 g/mol. The van der Waals surface area contributed by atoms with Gasteiger partial charge in [0.1, 0.15) is 5.52 Å². The van der Waals surface area contributed by atoms with Crippen LogP contribution >= 0.6 is 0 Å². The molecule has 1 N–H and O–H groups in total. The summed E-state index contributed by atoms with van der Waals surface area (Å²) in [4.78, 5) is 27.4. The molecule has 2 rings (SSSR count). The normalized spacial score (nSPS) is 12.5. The SMILES string of the molecule is CCCNC(=O)[C@@H](C)OC(=O)/C=C/c1nc2ccccc2o1. The molecule has 1 aromatic carbocycles. The Morgan fingerprint density at radius 2 is 2.18 bits per heavy atom. The van der Waals surface area contributed by atoms with Crippen LogP contribution in [-0.2, 0) is 14.3 Å². The quantitative estimate of drug-likeness (QED) is 0.654. The number of nitrogens with one attached hydrogen (secondary N) is 1. The first-order valence-corrected chi connectivity index (χ1v) is 7.12. The van der Waals surface area contributed by atoms with Crippen LogP contribution in [0.1, 0.15) is 26.2 Å². The molecule has 2 aromatic rings. The number of esters is 1. The number of benzene rings is 1. The maximum atomic E-state index is 11.7. The third-order valence-corrected chi connectivity index (χ3v) is 2.88. The van der Waals surface area contributed by atoms with Gasteiger partial charge in [-0.15, -0.1) is 0 Å². The van der Waals surface area contributed by atoms with Gasteiger partial charge >= 0.3 is 5.97 Å². The van der Waals surface area contributed by atoms with Crippen LogP contribution < -0.4 is 5.32 Å². The van der Waals surface area contributed by atoms with Crippen molar-refractivity contribution in [2.45, 2.75) is 26.4 Å². The van der Waals surface area contributed by atoms with Crippen molar-refractivity contribution in [3.8, 4) is 0 Å². The molecular formula is C16H18N2O4. The first-order valence-electron chi connectivity index (χ1n) is 7.12. The molecule has 1 aromatic heterocycles. The molecule has 0 radical (unpaired) electrons. The number of ether oxygens (including phenoxy) is 1. The van der Waals surface area contributed by atoms with Crippen LogP contribution in [0.15, 0.2) is 34.8 Å². The summed E-state index contributed by atoms with van der Waals surface area (Å²) in [6, 6.07) is 7.29. The molecule has 0 aliphatic carbocycles. The average Bonchev–Trinajstić information content (AvgIpc) is 2.93. The van der Waals surface area contributed by atoms with E-state index in [1.807, 2.05) is 25.1 Å². The Labute approximate surface area is 128 Å². The van der Waals surface area contributed by atoms with E-state index in [-0.39, 0.29) is 5.91 Å². The van der Waals surface area contributed by atoms with E-state index in [2.05, 4.69) is 10.3 Å². The van der Waals surface area contributed by atoms with E-state index < -0.39 is 12.1 Å². The summed E-state index contributed by atoms with van der Waals surface area (Å²) in [6.07, 6.45) is 2.59. The fourth-order valence-corrected chi connectivity index (χ4v) is 1.76. The summed E-state index contributed by atoms with van der Waals surface area (Å²) in [5.74, 6) is -0.631. The maximum Gasteiger partial charge on any atom is 0.331 e. The largest absolute Gasteiger partial charge is 0.449 e. The summed E-state index contributed by atoms with van der Waals surface area (Å²) >= 11 is 0. The van der Waals surface area contributed by atoms with Gasteiger partial charge in [0.25, 0.3) is 5.91 Å². The molecule has 6 heteroatoms. The number of oxazole rings is 1. The van der Waals surface area contributed by atoms with Gasteiger partial charge in [0, 0.05) is 18.7 Å². The fourth-order valence-electron chi connectivity index (χ4n) is 1.76. The lowest BCUT2D eigenvalue weighted by Gasteiger charge is -2.11. The lowest BCUT2D eigenvalue weighted by molar-refractivity contribution is -0.150. The van der Waals surface area contributed by atoms with E-state index in [1.54, 1.807) is 6.07 Å². The Balaban J connectivity index is 1.92. The minimum Gasteiger partial charge on any atom is -0.449 e. The van der Waals surface area contributed by atoms with Crippen molar-refractivity contribution >= 4 is 29.1 Å². The second-order valence-electron chi connectivity index (χ2n) is 4.72. The summed E-state index contributed by atoms with van der Waals surface area (Å²) < 4.78 is 10.4. The van der Waals surface area contributed by atoms with Gasteiger partial charge in [0.2, 0.25) is 5.89 Å². The number of hydrogen-bond donors (Lipinski definition) is 1. The standard InChI is InChI=1S/C16H18N2O4/c1-3-10-17-16(20)11(2)21-15(19)9-8-14-18-12-6-4-5-7-13(12)22-14/h4-9,11H,3,10H2,1-2H3,(H,17,20)/b9-8+/t11-/m1/s1. The molecule has 0 aliphatic heterocycles. The van der Waals surface area contributed by atoms with Gasteiger partial charge < -0.3 is 14.5 Å². The molecule has 0 saturated heterocycles. The summed E-state index contributed by atoms with van der Waals surface area (Å²) in [5.41, 5.74) is 1.35. The zero-order chi connectivity index (χ0) is 15.9. The Hall–Kier alpha value is -2.63. The van der Waals surface area contributed by atoms with Crippen molar-refractivity contribution in [2.24, 2.45) is 0 Å². The zero-order valence-corrected chi connectivity index (χ0v) is 12.5. The predicted octanol–water partition coefficient (Wildman–Crippen LogP) is 2.30. The topological polar surface area (TPSA) is 81.4 Å². The number of nitrogens with zero attached hydrogens (tertiary/aromatic N) is 1. The van der Waals surface area contributed by atoms with E-state index >= 15 is 0 Å².